The van der Waals surface area contributed by atoms with Crippen LogP contribution in [0.15, 0.2) is 24.3 Å². The zero-order valence-corrected chi connectivity index (χ0v) is 14.3. The number of ether oxygens (including phenoxy) is 2. The fourth-order valence-electron chi connectivity index (χ4n) is 3.20. The zero-order chi connectivity index (χ0) is 16.8. The third-order valence-electron chi connectivity index (χ3n) is 4.47. The maximum absolute atomic E-state index is 12.1. The van der Waals surface area contributed by atoms with Crippen molar-refractivity contribution < 1.29 is 14.3 Å². The second-order valence-electron chi connectivity index (χ2n) is 6.36. The Labute approximate surface area is 143 Å². The molecule has 24 heavy (non-hydrogen) atoms. The summed E-state index contributed by atoms with van der Waals surface area (Å²) in [7, 11) is 0. The number of rotatable bonds is 5. The zero-order valence-electron chi connectivity index (χ0n) is 14.3. The molecule has 0 saturated carbocycles. The van der Waals surface area contributed by atoms with E-state index < -0.39 is 0 Å². The average Bonchev–Trinajstić information content (AvgIpc) is 2.62. The summed E-state index contributed by atoms with van der Waals surface area (Å²) in [6.45, 7) is 6.66. The van der Waals surface area contributed by atoms with Crippen LogP contribution < -0.4 is 14.8 Å². The SMILES string of the molecule is CCCN1CCC(NC(=O)/C=C/c2ccc3c(c2)OCCO3)CC1. The molecule has 1 N–H and O–H groups in total. The lowest BCUT2D eigenvalue weighted by molar-refractivity contribution is -0.117. The van der Waals surface area contributed by atoms with Gasteiger partial charge in [0.15, 0.2) is 11.5 Å². The lowest BCUT2D eigenvalue weighted by atomic mass is 10.0. The van der Waals surface area contributed by atoms with E-state index in [0.717, 1.165) is 49.5 Å². The van der Waals surface area contributed by atoms with Crippen LogP contribution in [-0.4, -0.2) is 49.7 Å². The topological polar surface area (TPSA) is 50.8 Å². The Morgan fingerprint density at radius 3 is 2.75 bits per heavy atom. The van der Waals surface area contributed by atoms with Gasteiger partial charge in [-0.15, -0.1) is 0 Å². The van der Waals surface area contributed by atoms with Crippen LogP contribution in [0, 0.1) is 0 Å². The summed E-state index contributed by atoms with van der Waals surface area (Å²) in [5.74, 6) is 1.48. The van der Waals surface area contributed by atoms with Crippen molar-refractivity contribution in [3.63, 3.8) is 0 Å². The van der Waals surface area contributed by atoms with E-state index in [4.69, 9.17) is 9.47 Å². The van der Waals surface area contributed by atoms with Crippen molar-refractivity contribution in [2.75, 3.05) is 32.8 Å². The molecule has 5 heteroatoms. The van der Waals surface area contributed by atoms with Gasteiger partial charge in [0.25, 0.3) is 0 Å². The monoisotopic (exact) mass is 330 g/mol. The normalized spacial score (nSPS) is 18.7. The molecule has 1 aromatic rings. The third kappa shape index (κ3) is 4.51. The highest BCUT2D eigenvalue weighted by Crippen LogP contribution is 2.31. The number of piperidine rings is 1. The van der Waals surface area contributed by atoms with Crippen molar-refractivity contribution in [3.8, 4) is 11.5 Å². The number of nitrogens with zero attached hydrogens (tertiary/aromatic N) is 1. The van der Waals surface area contributed by atoms with Crippen LogP contribution >= 0.6 is 0 Å². The van der Waals surface area contributed by atoms with Crippen LogP contribution in [-0.2, 0) is 4.79 Å². The molecule has 1 saturated heterocycles. The molecule has 0 atom stereocenters. The Kier molecular flexibility index (Phi) is 5.75. The summed E-state index contributed by atoms with van der Waals surface area (Å²) in [6.07, 6.45) is 6.67. The Bertz CT molecular complexity index is 592. The van der Waals surface area contributed by atoms with Gasteiger partial charge >= 0.3 is 0 Å². The highest BCUT2D eigenvalue weighted by Gasteiger charge is 2.19. The van der Waals surface area contributed by atoms with Crippen LogP contribution in [0.2, 0.25) is 0 Å². The first kappa shape index (κ1) is 16.8. The van der Waals surface area contributed by atoms with E-state index in [-0.39, 0.29) is 11.9 Å². The molecular formula is C19H26N2O3. The van der Waals surface area contributed by atoms with Gasteiger partial charge in [-0.05, 0) is 49.6 Å². The maximum Gasteiger partial charge on any atom is 0.244 e. The number of carbonyl (C=O) groups excluding carboxylic acids is 1. The second kappa shape index (κ2) is 8.20. The van der Waals surface area contributed by atoms with Gasteiger partial charge in [-0.2, -0.15) is 0 Å². The Morgan fingerprint density at radius 2 is 2.00 bits per heavy atom. The minimum absolute atomic E-state index is 0.0289. The molecule has 0 aromatic heterocycles. The third-order valence-corrected chi connectivity index (χ3v) is 4.47. The van der Waals surface area contributed by atoms with Gasteiger partial charge in [-0.3, -0.25) is 4.79 Å². The minimum atomic E-state index is -0.0289. The minimum Gasteiger partial charge on any atom is -0.486 e. The van der Waals surface area contributed by atoms with E-state index in [1.165, 1.54) is 6.42 Å². The fraction of sp³-hybridized carbons (Fsp3) is 0.526. The molecule has 0 spiro atoms. The largest absolute Gasteiger partial charge is 0.486 e. The summed E-state index contributed by atoms with van der Waals surface area (Å²) in [6, 6.07) is 6.01. The summed E-state index contributed by atoms with van der Waals surface area (Å²) < 4.78 is 11.1. The van der Waals surface area contributed by atoms with E-state index in [0.29, 0.717) is 13.2 Å². The van der Waals surface area contributed by atoms with Gasteiger partial charge < -0.3 is 19.7 Å². The fourth-order valence-corrected chi connectivity index (χ4v) is 3.20. The molecule has 3 rings (SSSR count). The quantitative estimate of drug-likeness (QED) is 0.843. The van der Waals surface area contributed by atoms with Gasteiger partial charge in [-0.1, -0.05) is 13.0 Å². The van der Waals surface area contributed by atoms with Crippen LogP contribution in [0.1, 0.15) is 31.7 Å². The van der Waals surface area contributed by atoms with Crippen molar-refractivity contribution in [1.82, 2.24) is 10.2 Å². The standard InChI is InChI=1S/C19H26N2O3/c1-2-9-21-10-7-16(8-11-21)20-19(22)6-4-15-3-5-17-18(14-15)24-13-12-23-17/h3-6,14,16H,2,7-13H2,1H3,(H,20,22)/b6-4+. The number of hydrogen-bond donors (Lipinski definition) is 1. The van der Waals surface area contributed by atoms with E-state index in [2.05, 4.69) is 17.1 Å². The molecule has 2 heterocycles. The molecule has 5 nitrogen and oxygen atoms in total. The number of fused-ring (bicyclic) bond motifs is 1. The molecule has 2 aliphatic rings. The maximum atomic E-state index is 12.1. The Morgan fingerprint density at radius 1 is 1.25 bits per heavy atom. The predicted octanol–water partition coefficient (Wildman–Crippen LogP) is 2.46. The second-order valence-corrected chi connectivity index (χ2v) is 6.36. The van der Waals surface area contributed by atoms with Crippen molar-refractivity contribution in [3.05, 3.63) is 29.8 Å². The first-order chi connectivity index (χ1) is 11.7. The number of carbonyl (C=O) groups is 1. The first-order valence-corrected chi connectivity index (χ1v) is 8.85. The molecule has 0 unspecified atom stereocenters. The van der Waals surface area contributed by atoms with Gasteiger partial charge in [0.2, 0.25) is 5.91 Å². The molecule has 0 bridgehead atoms. The number of likely N-dealkylation sites (tertiary alicyclic amines) is 1. The molecule has 0 radical (unpaired) electrons. The van der Waals surface area contributed by atoms with Crippen molar-refractivity contribution in [2.24, 2.45) is 0 Å². The molecule has 0 aliphatic carbocycles. The summed E-state index contributed by atoms with van der Waals surface area (Å²) in [5.41, 5.74) is 0.937. The molecule has 130 valence electrons. The highest BCUT2D eigenvalue weighted by atomic mass is 16.6. The average molecular weight is 330 g/mol. The predicted molar refractivity (Wildman–Crippen MR) is 94.4 cm³/mol. The van der Waals surface area contributed by atoms with Crippen LogP contribution in [0.25, 0.3) is 6.08 Å². The van der Waals surface area contributed by atoms with Crippen LogP contribution in [0.4, 0.5) is 0 Å². The Hall–Kier alpha value is -2.01. The number of amides is 1. The number of hydrogen-bond acceptors (Lipinski definition) is 4. The summed E-state index contributed by atoms with van der Waals surface area (Å²) >= 11 is 0. The number of nitrogens with one attached hydrogen (secondary N) is 1. The lowest BCUT2D eigenvalue weighted by Crippen LogP contribution is -2.44. The van der Waals surface area contributed by atoms with Crippen LogP contribution in [0.3, 0.4) is 0 Å². The van der Waals surface area contributed by atoms with Crippen LogP contribution in [0.5, 0.6) is 11.5 Å². The molecule has 1 fully saturated rings. The van der Waals surface area contributed by atoms with E-state index in [1.807, 2.05) is 24.3 Å². The molecule has 1 amide bonds. The van der Waals surface area contributed by atoms with Crippen molar-refractivity contribution >= 4 is 12.0 Å². The molecule has 2 aliphatic heterocycles. The van der Waals surface area contributed by atoms with E-state index in [9.17, 15) is 4.79 Å². The van der Waals surface area contributed by atoms with E-state index in [1.54, 1.807) is 6.08 Å². The van der Waals surface area contributed by atoms with Gasteiger partial charge in [-0.25, -0.2) is 0 Å². The van der Waals surface area contributed by atoms with Gasteiger partial charge in [0, 0.05) is 25.2 Å². The van der Waals surface area contributed by atoms with Crippen molar-refractivity contribution in [2.45, 2.75) is 32.2 Å². The molecular weight excluding hydrogens is 304 g/mol. The highest BCUT2D eigenvalue weighted by molar-refractivity contribution is 5.92. The van der Waals surface area contributed by atoms with Gasteiger partial charge in [0.1, 0.15) is 13.2 Å². The van der Waals surface area contributed by atoms with Crippen molar-refractivity contribution in [1.29, 1.82) is 0 Å². The lowest BCUT2D eigenvalue weighted by Gasteiger charge is -2.31. The first-order valence-electron chi connectivity index (χ1n) is 8.85. The summed E-state index contributed by atoms with van der Waals surface area (Å²) in [5, 5.41) is 3.11. The summed E-state index contributed by atoms with van der Waals surface area (Å²) in [4.78, 5) is 14.6. The van der Waals surface area contributed by atoms with Gasteiger partial charge in [0.05, 0.1) is 0 Å². The smallest absolute Gasteiger partial charge is 0.244 e. The molecule has 1 aromatic carbocycles. The number of benzene rings is 1. The Balaban J connectivity index is 1.49. The van der Waals surface area contributed by atoms with E-state index >= 15 is 0 Å².